The van der Waals surface area contributed by atoms with Crippen LogP contribution in [0.5, 0.6) is 5.75 Å². The second-order valence-corrected chi connectivity index (χ2v) is 4.93. The number of hydrogen-bond donors (Lipinski definition) is 1. The minimum atomic E-state index is 0.483. The molecule has 0 bridgehead atoms. The lowest BCUT2D eigenvalue weighted by Gasteiger charge is -2.09. The molecule has 0 aliphatic rings. The van der Waals surface area contributed by atoms with Crippen LogP contribution >= 0.6 is 0 Å². The van der Waals surface area contributed by atoms with Gasteiger partial charge in [-0.05, 0) is 49.2 Å². The number of benzene rings is 2. The van der Waals surface area contributed by atoms with E-state index in [1.807, 2.05) is 22.8 Å². The van der Waals surface area contributed by atoms with Crippen LogP contribution in [-0.2, 0) is 0 Å². The Labute approximate surface area is 117 Å². The van der Waals surface area contributed by atoms with Gasteiger partial charge in [-0.25, -0.2) is 4.98 Å². The zero-order chi connectivity index (χ0) is 14.3. The van der Waals surface area contributed by atoms with Crippen LogP contribution in [0.3, 0.4) is 0 Å². The van der Waals surface area contributed by atoms with E-state index < -0.39 is 0 Å². The van der Waals surface area contributed by atoms with E-state index in [2.05, 4.69) is 37.0 Å². The molecule has 2 N–H and O–H groups in total. The van der Waals surface area contributed by atoms with Crippen LogP contribution in [0.15, 0.2) is 36.4 Å². The fourth-order valence-electron chi connectivity index (χ4n) is 2.34. The topological polar surface area (TPSA) is 53.1 Å². The average molecular weight is 267 g/mol. The molecule has 4 heteroatoms. The summed E-state index contributed by atoms with van der Waals surface area (Å²) in [5.41, 5.74) is 11.4. The molecule has 0 saturated carbocycles. The number of aromatic nitrogens is 2. The number of aryl methyl sites for hydroxylation is 2. The van der Waals surface area contributed by atoms with E-state index >= 15 is 0 Å². The zero-order valence-corrected chi connectivity index (χ0v) is 11.8. The van der Waals surface area contributed by atoms with Crippen molar-refractivity contribution in [3.8, 4) is 11.4 Å². The number of hydrogen-bond acceptors (Lipinski definition) is 3. The van der Waals surface area contributed by atoms with Crippen molar-refractivity contribution in [3.63, 3.8) is 0 Å². The van der Waals surface area contributed by atoms with Crippen LogP contribution < -0.4 is 10.5 Å². The lowest BCUT2D eigenvalue weighted by atomic mass is 10.1. The SMILES string of the molecule is COc1ccc2c(c1)nc(N)n2-c1ccc(C)c(C)c1. The smallest absolute Gasteiger partial charge is 0.205 e. The van der Waals surface area contributed by atoms with Gasteiger partial charge < -0.3 is 10.5 Å². The van der Waals surface area contributed by atoms with Crippen LogP contribution in [0.25, 0.3) is 16.7 Å². The third-order valence-electron chi connectivity index (χ3n) is 3.64. The van der Waals surface area contributed by atoms with Crippen molar-refractivity contribution in [2.24, 2.45) is 0 Å². The minimum Gasteiger partial charge on any atom is -0.497 e. The van der Waals surface area contributed by atoms with Crippen LogP contribution in [0.4, 0.5) is 5.95 Å². The van der Waals surface area contributed by atoms with E-state index in [9.17, 15) is 0 Å². The molecule has 2 aromatic carbocycles. The highest BCUT2D eigenvalue weighted by molar-refractivity contribution is 5.82. The summed E-state index contributed by atoms with van der Waals surface area (Å²) in [7, 11) is 1.64. The van der Waals surface area contributed by atoms with Crippen molar-refractivity contribution in [1.82, 2.24) is 9.55 Å². The van der Waals surface area contributed by atoms with Gasteiger partial charge in [0.1, 0.15) is 5.75 Å². The van der Waals surface area contributed by atoms with Crippen molar-refractivity contribution in [2.75, 3.05) is 12.8 Å². The molecular formula is C16H17N3O. The van der Waals surface area contributed by atoms with Crippen molar-refractivity contribution >= 4 is 17.0 Å². The standard InChI is InChI=1S/C16H17N3O/c1-10-4-5-12(8-11(10)2)19-15-7-6-13(20-3)9-14(15)18-16(19)17/h4-9H,1-3H3,(H2,17,18). The number of imidazole rings is 1. The summed E-state index contributed by atoms with van der Waals surface area (Å²) in [6, 6.07) is 12.1. The van der Waals surface area contributed by atoms with Gasteiger partial charge >= 0.3 is 0 Å². The van der Waals surface area contributed by atoms with Crippen molar-refractivity contribution in [1.29, 1.82) is 0 Å². The molecule has 0 spiro atoms. The quantitative estimate of drug-likeness (QED) is 0.775. The van der Waals surface area contributed by atoms with E-state index in [0.29, 0.717) is 5.95 Å². The van der Waals surface area contributed by atoms with E-state index in [1.54, 1.807) is 7.11 Å². The van der Waals surface area contributed by atoms with E-state index in [-0.39, 0.29) is 0 Å². The lowest BCUT2D eigenvalue weighted by Crippen LogP contribution is -2.01. The number of nitrogens with two attached hydrogens (primary N) is 1. The summed E-state index contributed by atoms with van der Waals surface area (Å²) in [5.74, 6) is 1.26. The molecule has 0 atom stereocenters. The molecule has 0 saturated heterocycles. The zero-order valence-electron chi connectivity index (χ0n) is 11.8. The molecule has 1 aromatic heterocycles. The maximum absolute atomic E-state index is 6.08. The number of anilines is 1. The summed E-state index contributed by atoms with van der Waals surface area (Å²) in [6.45, 7) is 4.19. The van der Waals surface area contributed by atoms with Crippen LogP contribution in [-0.4, -0.2) is 16.7 Å². The Morgan fingerprint density at radius 1 is 1.05 bits per heavy atom. The highest BCUT2D eigenvalue weighted by atomic mass is 16.5. The highest BCUT2D eigenvalue weighted by Crippen LogP contribution is 2.27. The first-order valence-electron chi connectivity index (χ1n) is 6.50. The van der Waals surface area contributed by atoms with Gasteiger partial charge in [0.2, 0.25) is 5.95 Å². The summed E-state index contributed by atoms with van der Waals surface area (Å²) < 4.78 is 7.18. The van der Waals surface area contributed by atoms with Gasteiger partial charge in [-0.1, -0.05) is 6.07 Å². The molecule has 4 nitrogen and oxygen atoms in total. The second kappa shape index (κ2) is 4.56. The predicted octanol–water partition coefficient (Wildman–Crippen LogP) is 3.23. The third kappa shape index (κ3) is 1.90. The molecule has 0 aliphatic carbocycles. The van der Waals surface area contributed by atoms with E-state index in [1.165, 1.54) is 11.1 Å². The number of fused-ring (bicyclic) bond motifs is 1. The largest absolute Gasteiger partial charge is 0.497 e. The molecule has 3 aromatic rings. The van der Waals surface area contributed by atoms with Crippen LogP contribution in [0.1, 0.15) is 11.1 Å². The number of rotatable bonds is 2. The predicted molar refractivity (Wildman–Crippen MR) is 81.5 cm³/mol. The molecular weight excluding hydrogens is 250 g/mol. The Morgan fingerprint density at radius 3 is 2.55 bits per heavy atom. The maximum Gasteiger partial charge on any atom is 0.205 e. The third-order valence-corrected chi connectivity index (χ3v) is 3.64. The lowest BCUT2D eigenvalue weighted by molar-refractivity contribution is 0.415. The number of nitrogens with zero attached hydrogens (tertiary/aromatic N) is 2. The number of ether oxygens (including phenoxy) is 1. The summed E-state index contributed by atoms with van der Waals surface area (Å²) in [5, 5.41) is 0. The monoisotopic (exact) mass is 267 g/mol. The first-order valence-corrected chi connectivity index (χ1v) is 6.50. The Bertz CT molecular complexity index is 790. The van der Waals surface area contributed by atoms with Crippen molar-refractivity contribution in [2.45, 2.75) is 13.8 Å². The van der Waals surface area contributed by atoms with E-state index in [0.717, 1.165) is 22.5 Å². The second-order valence-electron chi connectivity index (χ2n) is 4.93. The minimum absolute atomic E-state index is 0.483. The van der Waals surface area contributed by atoms with Crippen molar-refractivity contribution in [3.05, 3.63) is 47.5 Å². The maximum atomic E-state index is 6.08. The normalized spacial score (nSPS) is 10.9. The molecule has 20 heavy (non-hydrogen) atoms. The van der Waals surface area contributed by atoms with Gasteiger partial charge in [0.05, 0.1) is 18.1 Å². The van der Waals surface area contributed by atoms with Gasteiger partial charge in [-0.15, -0.1) is 0 Å². The van der Waals surface area contributed by atoms with Gasteiger partial charge in [-0.2, -0.15) is 0 Å². The van der Waals surface area contributed by atoms with Gasteiger partial charge in [0.15, 0.2) is 0 Å². The molecule has 1 heterocycles. The fourth-order valence-corrected chi connectivity index (χ4v) is 2.34. The van der Waals surface area contributed by atoms with Gasteiger partial charge in [-0.3, -0.25) is 4.57 Å². The van der Waals surface area contributed by atoms with E-state index in [4.69, 9.17) is 10.5 Å². The molecule has 102 valence electrons. The molecule has 0 aliphatic heterocycles. The van der Waals surface area contributed by atoms with Gasteiger partial charge in [0.25, 0.3) is 0 Å². The molecule has 0 amide bonds. The first kappa shape index (κ1) is 12.5. The summed E-state index contributed by atoms with van der Waals surface area (Å²) in [4.78, 5) is 4.41. The fraction of sp³-hybridized carbons (Fsp3) is 0.188. The van der Waals surface area contributed by atoms with Gasteiger partial charge in [0, 0.05) is 11.8 Å². The summed E-state index contributed by atoms with van der Waals surface area (Å²) in [6.07, 6.45) is 0. The Kier molecular flexibility index (Phi) is 2.86. The first-order chi connectivity index (χ1) is 9.60. The Morgan fingerprint density at radius 2 is 1.85 bits per heavy atom. The Hall–Kier alpha value is -2.49. The Balaban J connectivity index is 2.24. The molecule has 0 unspecified atom stereocenters. The summed E-state index contributed by atoms with van der Waals surface area (Å²) >= 11 is 0. The highest BCUT2D eigenvalue weighted by Gasteiger charge is 2.11. The molecule has 3 rings (SSSR count). The molecule has 0 radical (unpaired) electrons. The average Bonchev–Trinajstić information content (AvgIpc) is 2.76. The number of nitrogen functional groups attached to an aromatic ring is 1. The van der Waals surface area contributed by atoms with Crippen LogP contribution in [0, 0.1) is 13.8 Å². The number of methoxy groups -OCH3 is 1. The molecule has 0 fully saturated rings. The van der Waals surface area contributed by atoms with Crippen LogP contribution in [0.2, 0.25) is 0 Å². The van der Waals surface area contributed by atoms with Crippen molar-refractivity contribution < 1.29 is 4.74 Å².